The molecule has 0 bridgehead atoms. The van der Waals surface area contributed by atoms with Gasteiger partial charge in [0.05, 0.1) is 70.3 Å². The first kappa shape index (κ1) is 55.8. The highest BCUT2D eigenvalue weighted by Gasteiger charge is 2.55. The molecule has 2 aliphatic heterocycles. The fourth-order valence-electron chi connectivity index (χ4n) is 9.82. The summed E-state index contributed by atoms with van der Waals surface area (Å²) in [5.41, 5.74) is 5.68. The van der Waals surface area contributed by atoms with Crippen LogP contribution in [0.1, 0.15) is 38.9 Å². The lowest BCUT2D eigenvalue weighted by Gasteiger charge is -2.50. The minimum atomic E-state index is -1.76. The van der Waals surface area contributed by atoms with Crippen LogP contribution in [0.2, 0.25) is 0 Å². The quantitative estimate of drug-likeness (QED) is 0.0491. The van der Waals surface area contributed by atoms with Gasteiger partial charge in [0, 0.05) is 4.90 Å². The molecule has 0 amide bonds. The maximum absolute atomic E-state index is 15.2. The second-order valence-electron chi connectivity index (χ2n) is 19.6. The Morgan fingerprint density at radius 2 is 0.595 bits per heavy atom. The van der Waals surface area contributed by atoms with Crippen LogP contribution in [0.5, 0.6) is 0 Å². The zero-order chi connectivity index (χ0) is 53.7. The van der Waals surface area contributed by atoms with Gasteiger partial charge in [0.1, 0.15) is 48.8 Å². The van der Waals surface area contributed by atoms with Crippen LogP contribution in [0.4, 0.5) is 0 Å². The highest BCUT2D eigenvalue weighted by atomic mass is 32.2. The van der Waals surface area contributed by atoms with Crippen LogP contribution in [-0.2, 0) is 104 Å². The molecule has 11 atom stereocenters. The molecule has 8 aromatic carbocycles. The first-order valence-electron chi connectivity index (χ1n) is 27.0. The van der Waals surface area contributed by atoms with Gasteiger partial charge in [-0.05, 0) is 51.1 Å². The topological polar surface area (TPSA) is 109 Å². The van der Waals surface area contributed by atoms with Gasteiger partial charge in [-0.15, -0.1) is 0 Å². The van der Waals surface area contributed by atoms with E-state index in [1.165, 1.54) is 0 Å². The van der Waals surface area contributed by atoms with Gasteiger partial charge in [0.2, 0.25) is 0 Å². The Labute approximate surface area is 466 Å². The highest BCUT2D eigenvalue weighted by Crippen LogP contribution is 2.38. The third kappa shape index (κ3) is 16.1. The minimum absolute atomic E-state index is 0.0290. The van der Waals surface area contributed by atoms with Crippen LogP contribution < -0.4 is 0 Å². The molecular formula is C67H68O11S. The number of ether oxygens (including phenoxy) is 10. The summed E-state index contributed by atoms with van der Waals surface area (Å²) in [5.74, 6) is 0. The van der Waals surface area contributed by atoms with Gasteiger partial charge in [-0.25, -0.2) is 0 Å². The summed E-state index contributed by atoms with van der Waals surface area (Å²) in [6.07, 6.45) is -8.11. The van der Waals surface area contributed by atoms with Crippen molar-refractivity contribution < 1.29 is 51.6 Å². The summed E-state index contributed by atoms with van der Waals surface area (Å²) >= 11 is 0. The monoisotopic (exact) mass is 1080 g/mol. The van der Waals surface area contributed by atoms with Crippen molar-refractivity contribution in [1.82, 2.24) is 0 Å². The van der Waals surface area contributed by atoms with Crippen molar-refractivity contribution in [3.8, 4) is 0 Å². The molecule has 0 aromatic heterocycles. The molecule has 0 radical (unpaired) electrons. The summed E-state index contributed by atoms with van der Waals surface area (Å²) in [5, 5.41) is 0. The molecule has 408 valence electrons. The molecule has 11 nitrogen and oxygen atoms in total. The molecule has 2 heterocycles. The fraction of sp³-hybridized carbons (Fsp3) is 0.284. The largest absolute Gasteiger partial charge is 0.374 e. The Morgan fingerprint density at radius 1 is 0.304 bits per heavy atom. The standard InChI is InChI=1S/C67H68O11S/c68-79(57-39-23-8-24-40-57)67-65(75-47-56-37-21-7-22-38-56)63(73-45-54-33-17-5-18-34-54)61(59(77-67)49-70-42-51-27-11-2-12-28-51)78-66-64(74-46-55-35-19-6-20-36-55)62(72-44-53-31-15-4-16-32-53)60(71-43-52-29-13-3-14-30-52)58(76-66)48-69-41-50-25-9-1-10-26-50/h1-40,58-67H,41-49H2/t58-,59-,60+,61-,62+,63+,64-,65-,66+,67+,79?/m1/s1. The number of hydrogen-bond donors (Lipinski definition) is 0. The molecular weight excluding hydrogens is 1010 g/mol. The molecule has 8 aromatic rings. The molecule has 1 unspecified atom stereocenters. The highest BCUT2D eigenvalue weighted by molar-refractivity contribution is 7.85. The van der Waals surface area contributed by atoms with E-state index in [4.69, 9.17) is 47.4 Å². The molecule has 10 rings (SSSR count). The van der Waals surface area contributed by atoms with E-state index in [0.717, 1.165) is 38.9 Å². The van der Waals surface area contributed by atoms with Crippen molar-refractivity contribution in [2.24, 2.45) is 0 Å². The summed E-state index contributed by atoms with van der Waals surface area (Å²) in [6.45, 7) is 1.79. The van der Waals surface area contributed by atoms with E-state index in [1.54, 1.807) is 0 Å². The van der Waals surface area contributed by atoms with Gasteiger partial charge >= 0.3 is 0 Å². The first-order valence-corrected chi connectivity index (χ1v) is 28.3. The van der Waals surface area contributed by atoms with Gasteiger partial charge in [0.15, 0.2) is 11.7 Å². The second-order valence-corrected chi connectivity index (χ2v) is 21.1. The van der Waals surface area contributed by atoms with Crippen LogP contribution in [0.15, 0.2) is 248 Å². The Kier molecular flexibility index (Phi) is 20.9. The zero-order valence-corrected chi connectivity index (χ0v) is 44.9. The predicted octanol–water partition coefficient (Wildman–Crippen LogP) is 12.0. The number of rotatable bonds is 27. The van der Waals surface area contributed by atoms with Crippen molar-refractivity contribution in [2.75, 3.05) is 13.2 Å². The summed E-state index contributed by atoms with van der Waals surface area (Å²) in [7, 11) is -1.76. The van der Waals surface area contributed by atoms with E-state index >= 15 is 4.21 Å². The SMILES string of the molecule is O=S(c1ccccc1)[C@@H]1O[C@H](COCc2ccccc2)[C@@H](O[C@@H]2O[C@H](COCc3ccccc3)[C@H](OCc3ccccc3)[C@H](OCc3ccccc3)[C@H]2OCc2ccccc2)[C@H](OCc2ccccc2)[C@H]1OCc1ccccc1. The summed E-state index contributed by atoms with van der Waals surface area (Å²) in [6, 6.07) is 79.2. The van der Waals surface area contributed by atoms with Crippen molar-refractivity contribution in [3.63, 3.8) is 0 Å². The van der Waals surface area contributed by atoms with Crippen molar-refractivity contribution >= 4 is 10.8 Å². The van der Waals surface area contributed by atoms with Crippen LogP contribution >= 0.6 is 0 Å². The van der Waals surface area contributed by atoms with Crippen molar-refractivity contribution in [1.29, 1.82) is 0 Å². The number of benzene rings is 8. The third-order valence-corrected chi connectivity index (χ3v) is 15.4. The van der Waals surface area contributed by atoms with E-state index in [-0.39, 0.29) is 52.9 Å². The van der Waals surface area contributed by atoms with Gasteiger partial charge in [-0.2, -0.15) is 0 Å². The first-order chi connectivity index (χ1) is 39.1. The van der Waals surface area contributed by atoms with Crippen molar-refractivity contribution in [3.05, 3.63) is 282 Å². The maximum atomic E-state index is 15.2. The average Bonchev–Trinajstić information content (AvgIpc) is 3.61. The Hall–Kier alpha value is -6.49. The van der Waals surface area contributed by atoms with Crippen LogP contribution in [0.25, 0.3) is 0 Å². The van der Waals surface area contributed by atoms with E-state index < -0.39 is 71.4 Å². The molecule has 2 fully saturated rings. The van der Waals surface area contributed by atoms with E-state index in [0.29, 0.717) is 11.5 Å². The molecule has 12 heteroatoms. The minimum Gasteiger partial charge on any atom is -0.374 e. The van der Waals surface area contributed by atoms with Crippen LogP contribution in [0, 0.1) is 0 Å². The molecule has 0 aliphatic carbocycles. The predicted molar refractivity (Wildman–Crippen MR) is 302 cm³/mol. The molecule has 2 saturated heterocycles. The van der Waals surface area contributed by atoms with Gasteiger partial charge in [-0.3, -0.25) is 4.21 Å². The van der Waals surface area contributed by atoms with E-state index in [2.05, 4.69) is 0 Å². The average molecular weight is 1080 g/mol. The normalized spacial score (nSPS) is 23.4. The van der Waals surface area contributed by atoms with E-state index in [9.17, 15) is 0 Å². The lowest BCUT2D eigenvalue weighted by molar-refractivity contribution is -0.360. The van der Waals surface area contributed by atoms with Gasteiger partial charge < -0.3 is 47.4 Å². The smallest absolute Gasteiger partial charge is 0.187 e. The second kappa shape index (κ2) is 29.6. The Balaban J connectivity index is 1.07. The summed E-state index contributed by atoms with van der Waals surface area (Å²) in [4.78, 5) is 0.578. The van der Waals surface area contributed by atoms with Crippen LogP contribution in [0.3, 0.4) is 0 Å². The molecule has 2 aliphatic rings. The molecule has 0 N–H and O–H groups in total. The van der Waals surface area contributed by atoms with Crippen molar-refractivity contribution in [2.45, 2.75) is 112 Å². The third-order valence-electron chi connectivity index (χ3n) is 13.9. The van der Waals surface area contributed by atoms with E-state index in [1.807, 2.05) is 243 Å². The Morgan fingerprint density at radius 3 is 0.975 bits per heavy atom. The molecule has 79 heavy (non-hydrogen) atoms. The number of hydrogen-bond acceptors (Lipinski definition) is 11. The lowest BCUT2D eigenvalue weighted by Crippen LogP contribution is -2.66. The lowest BCUT2D eigenvalue weighted by atomic mass is 9.96. The van der Waals surface area contributed by atoms with Gasteiger partial charge in [-0.1, -0.05) is 231 Å². The van der Waals surface area contributed by atoms with Crippen LogP contribution in [-0.4, -0.2) is 78.0 Å². The fourth-order valence-corrected chi connectivity index (χ4v) is 11.2. The zero-order valence-electron chi connectivity index (χ0n) is 44.1. The Bertz CT molecular complexity index is 2970. The molecule has 0 saturated carbocycles. The maximum Gasteiger partial charge on any atom is 0.187 e. The van der Waals surface area contributed by atoms with Gasteiger partial charge in [0.25, 0.3) is 0 Å². The summed E-state index contributed by atoms with van der Waals surface area (Å²) < 4.78 is 86.0. The molecule has 0 spiro atoms.